The first-order valence-corrected chi connectivity index (χ1v) is 12.4. The minimum absolute atomic E-state index is 0. The zero-order valence-electron chi connectivity index (χ0n) is 20.5. The Morgan fingerprint density at radius 1 is 0.970 bits per heavy atom. The third-order valence-corrected chi connectivity index (χ3v) is 7.27. The van der Waals surface area contributed by atoms with E-state index in [1.165, 1.54) is 12.8 Å². The zero-order valence-corrected chi connectivity index (χ0v) is 22.8. The van der Waals surface area contributed by atoms with Crippen molar-refractivity contribution in [3.05, 3.63) is 23.7 Å². The third kappa shape index (κ3) is 6.42. The van der Waals surface area contributed by atoms with E-state index in [0.717, 1.165) is 89.2 Å². The second-order valence-electron chi connectivity index (χ2n) is 9.37. The normalized spacial score (nSPS) is 22.3. The molecule has 3 aliphatic heterocycles. The first-order valence-electron chi connectivity index (χ1n) is 12.4. The number of guanidine groups is 1. The molecule has 33 heavy (non-hydrogen) atoms. The van der Waals surface area contributed by atoms with Gasteiger partial charge in [0.1, 0.15) is 11.5 Å². The van der Waals surface area contributed by atoms with Gasteiger partial charge in [-0.25, -0.2) is 0 Å². The number of aryl methyl sites for hydroxylation is 1. The summed E-state index contributed by atoms with van der Waals surface area (Å²) >= 11 is 0. The highest BCUT2D eigenvalue weighted by Crippen LogP contribution is 2.26. The van der Waals surface area contributed by atoms with Crippen molar-refractivity contribution < 1.29 is 9.21 Å². The van der Waals surface area contributed by atoms with E-state index in [9.17, 15) is 4.79 Å². The molecular formula is C24H41IN6O2. The summed E-state index contributed by atoms with van der Waals surface area (Å²) in [6.45, 7) is 12.5. The molecule has 4 heterocycles. The highest BCUT2D eigenvalue weighted by Gasteiger charge is 2.31. The van der Waals surface area contributed by atoms with Crippen LogP contribution in [-0.4, -0.2) is 103 Å². The van der Waals surface area contributed by atoms with E-state index in [1.807, 2.05) is 18.9 Å². The summed E-state index contributed by atoms with van der Waals surface area (Å²) in [5.74, 6) is 3.23. The van der Waals surface area contributed by atoms with Gasteiger partial charge in [-0.15, -0.1) is 24.0 Å². The van der Waals surface area contributed by atoms with Crippen LogP contribution in [0.15, 0.2) is 21.5 Å². The molecule has 2 atom stereocenters. The summed E-state index contributed by atoms with van der Waals surface area (Å²) in [6, 6.07) is 4.35. The number of amides is 1. The summed E-state index contributed by atoms with van der Waals surface area (Å²) in [7, 11) is 1.86. The molecule has 3 aliphatic rings. The molecule has 1 aromatic rings. The summed E-state index contributed by atoms with van der Waals surface area (Å²) in [4.78, 5) is 26.5. The fraction of sp³-hybridized carbons (Fsp3) is 0.750. The minimum Gasteiger partial charge on any atom is -0.465 e. The summed E-state index contributed by atoms with van der Waals surface area (Å²) in [6.07, 6.45) is 4.79. The van der Waals surface area contributed by atoms with Crippen LogP contribution in [0, 0.1) is 6.92 Å². The lowest BCUT2D eigenvalue weighted by Crippen LogP contribution is -2.57. The number of rotatable bonds is 6. The van der Waals surface area contributed by atoms with Crippen molar-refractivity contribution in [3.8, 4) is 0 Å². The maximum Gasteiger partial charge on any atom is 0.239 e. The number of carbonyl (C=O) groups excluding carboxylic acids is 1. The van der Waals surface area contributed by atoms with E-state index in [4.69, 9.17) is 4.42 Å². The second kappa shape index (κ2) is 12.4. The molecule has 3 fully saturated rings. The van der Waals surface area contributed by atoms with Gasteiger partial charge < -0.3 is 19.5 Å². The Morgan fingerprint density at radius 2 is 1.61 bits per heavy atom. The van der Waals surface area contributed by atoms with Crippen LogP contribution in [0.1, 0.15) is 50.2 Å². The van der Waals surface area contributed by atoms with Gasteiger partial charge in [0.15, 0.2) is 5.96 Å². The van der Waals surface area contributed by atoms with Gasteiger partial charge in [0.05, 0.1) is 12.1 Å². The molecule has 0 saturated carbocycles. The molecular weight excluding hydrogens is 531 g/mol. The molecule has 9 heteroatoms. The number of likely N-dealkylation sites (tertiary alicyclic amines) is 2. The van der Waals surface area contributed by atoms with E-state index < -0.39 is 0 Å². The smallest absolute Gasteiger partial charge is 0.239 e. The average molecular weight is 573 g/mol. The predicted octanol–water partition coefficient (Wildman–Crippen LogP) is 2.55. The molecule has 0 aliphatic carbocycles. The lowest BCUT2D eigenvalue weighted by Gasteiger charge is -2.40. The molecule has 1 N–H and O–H groups in total. The minimum atomic E-state index is -0.0352. The molecule has 1 aromatic heterocycles. The van der Waals surface area contributed by atoms with Gasteiger partial charge in [0, 0.05) is 52.9 Å². The van der Waals surface area contributed by atoms with Gasteiger partial charge in [-0.05, 0) is 64.8 Å². The zero-order chi connectivity index (χ0) is 22.5. The molecule has 4 rings (SSSR count). The maximum absolute atomic E-state index is 12.8. The van der Waals surface area contributed by atoms with Crippen molar-refractivity contribution in [1.29, 1.82) is 0 Å². The number of piperazine rings is 1. The van der Waals surface area contributed by atoms with Gasteiger partial charge in [0.25, 0.3) is 0 Å². The standard InChI is InChI=1S/C24H40N6O2.HI/c1-19-8-9-22(32-19)21(28-10-4-5-11-28)18-26-24(25-3)30-16-14-27(15-17-30)20(2)23(31)29-12-6-7-13-29;/h8-9,20-21H,4-7,10-18H2,1-3H3,(H,25,26);1H. The Balaban J connectivity index is 0.00000306. The first-order chi connectivity index (χ1) is 15.6. The Hall–Kier alpha value is -1.33. The van der Waals surface area contributed by atoms with Crippen LogP contribution in [0.25, 0.3) is 0 Å². The van der Waals surface area contributed by atoms with E-state index in [1.54, 1.807) is 0 Å². The van der Waals surface area contributed by atoms with Gasteiger partial charge in [-0.2, -0.15) is 0 Å². The summed E-state index contributed by atoms with van der Waals surface area (Å²) < 4.78 is 6.00. The molecule has 1 amide bonds. The maximum atomic E-state index is 12.8. The molecule has 3 saturated heterocycles. The largest absolute Gasteiger partial charge is 0.465 e. The van der Waals surface area contributed by atoms with Crippen LogP contribution in [-0.2, 0) is 4.79 Å². The highest BCUT2D eigenvalue weighted by atomic mass is 127. The van der Waals surface area contributed by atoms with Crippen molar-refractivity contribution in [2.24, 2.45) is 4.99 Å². The lowest BCUT2D eigenvalue weighted by molar-refractivity contribution is -0.135. The quantitative estimate of drug-likeness (QED) is 0.321. The van der Waals surface area contributed by atoms with Crippen LogP contribution < -0.4 is 5.32 Å². The monoisotopic (exact) mass is 572 g/mol. The van der Waals surface area contributed by atoms with Crippen LogP contribution in [0.2, 0.25) is 0 Å². The van der Waals surface area contributed by atoms with Gasteiger partial charge in [-0.3, -0.25) is 19.6 Å². The van der Waals surface area contributed by atoms with Crippen LogP contribution in [0.4, 0.5) is 0 Å². The average Bonchev–Trinajstić information content (AvgIpc) is 3.59. The van der Waals surface area contributed by atoms with Gasteiger partial charge in [-0.1, -0.05) is 0 Å². The number of carbonyl (C=O) groups is 1. The van der Waals surface area contributed by atoms with E-state index in [0.29, 0.717) is 5.91 Å². The van der Waals surface area contributed by atoms with Crippen LogP contribution >= 0.6 is 24.0 Å². The van der Waals surface area contributed by atoms with Crippen molar-refractivity contribution in [3.63, 3.8) is 0 Å². The van der Waals surface area contributed by atoms with Crippen molar-refractivity contribution in [2.45, 2.75) is 51.6 Å². The number of furan rings is 1. The van der Waals surface area contributed by atoms with E-state index in [2.05, 4.69) is 44.1 Å². The topological polar surface area (TPSA) is 67.6 Å². The number of hydrogen-bond acceptors (Lipinski definition) is 5. The number of halogens is 1. The molecule has 2 unspecified atom stereocenters. The molecule has 186 valence electrons. The molecule has 0 radical (unpaired) electrons. The number of hydrogen-bond donors (Lipinski definition) is 1. The number of nitrogens with zero attached hydrogens (tertiary/aromatic N) is 5. The Bertz CT molecular complexity index is 780. The SMILES string of the molecule is CN=C(NCC(c1ccc(C)o1)N1CCCC1)N1CCN(C(C)C(=O)N2CCCC2)CC1.I. The summed E-state index contributed by atoms with van der Waals surface area (Å²) in [5.41, 5.74) is 0. The fourth-order valence-electron chi connectivity index (χ4n) is 5.29. The van der Waals surface area contributed by atoms with Gasteiger partial charge >= 0.3 is 0 Å². The lowest BCUT2D eigenvalue weighted by atomic mass is 10.2. The Morgan fingerprint density at radius 3 is 2.18 bits per heavy atom. The molecule has 8 nitrogen and oxygen atoms in total. The van der Waals surface area contributed by atoms with Crippen molar-refractivity contribution in [2.75, 3.05) is 66.0 Å². The van der Waals surface area contributed by atoms with Crippen LogP contribution in [0.3, 0.4) is 0 Å². The predicted molar refractivity (Wildman–Crippen MR) is 142 cm³/mol. The number of aliphatic imine (C=N–C) groups is 1. The first kappa shape index (κ1) is 26.3. The third-order valence-electron chi connectivity index (χ3n) is 7.27. The summed E-state index contributed by atoms with van der Waals surface area (Å²) in [5, 5.41) is 3.62. The molecule has 0 spiro atoms. The fourth-order valence-corrected chi connectivity index (χ4v) is 5.29. The Labute approximate surface area is 215 Å². The van der Waals surface area contributed by atoms with Crippen molar-refractivity contribution >= 4 is 35.8 Å². The van der Waals surface area contributed by atoms with E-state index >= 15 is 0 Å². The van der Waals surface area contributed by atoms with Crippen molar-refractivity contribution in [1.82, 2.24) is 24.9 Å². The van der Waals surface area contributed by atoms with E-state index in [-0.39, 0.29) is 36.1 Å². The Kier molecular flexibility index (Phi) is 9.87. The number of nitrogens with one attached hydrogen (secondary N) is 1. The highest BCUT2D eigenvalue weighted by molar-refractivity contribution is 14.0. The van der Waals surface area contributed by atoms with Crippen LogP contribution in [0.5, 0.6) is 0 Å². The molecule has 0 bridgehead atoms. The van der Waals surface area contributed by atoms with Gasteiger partial charge in [0.2, 0.25) is 5.91 Å². The molecule has 0 aromatic carbocycles. The second-order valence-corrected chi connectivity index (χ2v) is 9.37.